The number of benzene rings is 1. The molecule has 1 heterocycles. The Bertz CT molecular complexity index is 531. The quantitative estimate of drug-likeness (QED) is 0.762. The second kappa shape index (κ2) is 8.78. The maximum Gasteiger partial charge on any atom is 0.220 e. The first-order chi connectivity index (χ1) is 11.6. The van der Waals surface area contributed by atoms with Crippen LogP contribution >= 0.6 is 0 Å². The van der Waals surface area contributed by atoms with Gasteiger partial charge in [-0.1, -0.05) is 0 Å². The third-order valence-electron chi connectivity index (χ3n) is 4.51. The third kappa shape index (κ3) is 4.54. The minimum Gasteiger partial charge on any atom is -0.493 e. The van der Waals surface area contributed by atoms with Gasteiger partial charge in [0.25, 0.3) is 0 Å². The molecule has 1 amide bonds. The summed E-state index contributed by atoms with van der Waals surface area (Å²) in [5.41, 5.74) is 0.917. The minimum absolute atomic E-state index is 0.0724. The maximum atomic E-state index is 12.2. The fourth-order valence-electron chi connectivity index (χ4n) is 3.04. The average molecular weight is 336 g/mol. The number of methoxy groups -OCH3 is 3. The first-order valence-electron chi connectivity index (χ1n) is 8.39. The normalized spacial score (nSPS) is 18.1. The van der Waals surface area contributed by atoms with Gasteiger partial charge in [-0.25, -0.2) is 0 Å². The van der Waals surface area contributed by atoms with Gasteiger partial charge in [0.1, 0.15) is 0 Å². The Hall–Kier alpha value is -1.95. The highest BCUT2D eigenvalue weighted by atomic mass is 16.5. The first kappa shape index (κ1) is 18.4. The van der Waals surface area contributed by atoms with Crippen molar-refractivity contribution >= 4 is 5.91 Å². The summed E-state index contributed by atoms with van der Waals surface area (Å²) in [5, 5.41) is 6.38. The van der Waals surface area contributed by atoms with Crippen LogP contribution < -0.4 is 24.8 Å². The second-order valence-electron chi connectivity index (χ2n) is 6.15. The molecule has 6 heteroatoms. The Balaban J connectivity index is 2.00. The largest absolute Gasteiger partial charge is 0.493 e. The number of ether oxygens (including phenoxy) is 3. The van der Waals surface area contributed by atoms with E-state index in [1.165, 1.54) is 0 Å². The van der Waals surface area contributed by atoms with Crippen molar-refractivity contribution in [1.29, 1.82) is 0 Å². The summed E-state index contributed by atoms with van der Waals surface area (Å²) < 4.78 is 16.1. The number of amides is 1. The van der Waals surface area contributed by atoms with E-state index in [1.807, 2.05) is 19.1 Å². The molecule has 2 unspecified atom stereocenters. The number of carbonyl (C=O) groups is 1. The van der Waals surface area contributed by atoms with E-state index < -0.39 is 0 Å². The molecule has 6 nitrogen and oxygen atoms in total. The van der Waals surface area contributed by atoms with E-state index in [0.717, 1.165) is 31.5 Å². The van der Waals surface area contributed by atoms with Crippen LogP contribution in [-0.2, 0) is 4.79 Å². The van der Waals surface area contributed by atoms with E-state index in [9.17, 15) is 4.79 Å². The molecule has 1 saturated heterocycles. The van der Waals surface area contributed by atoms with Gasteiger partial charge >= 0.3 is 0 Å². The van der Waals surface area contributed by atoms with Gasteiger partial charge in [-0.05, 0) is 56.5 Å². The molecular weight excluding hydrogens is 308 g/mol. The highest BCUT2D eigenvalue weighted by molar-refractivity contribution is 5.76. The van der Waals surface area contributed by atoms with Gasteiger partial charge in [-0.15, -0.1) is 0 Å². The van der Waals surface area contributed by atoms with Gasteiger partial charge in [-0.3, -0.25) is 4.79 Å². The molecular formula is C18H28N2O4. The van der Waals surface area contributed by atoms with Crippen molar-refractivity contribution in [3.63, 3.8) is 0 Å². The molecule has 2 N–H and O–H groups in total. The van der Waals surface area contributed by atoms with Crippen LogP contribution in [0, 0.1) is 5.92 Å². The number of rotatable bonds is 8. The maximum absolute atomic E-state index is 12.2. The molecule has 24 heavy (non-hydrogen) atoms. The van der Waals surface area contributed by atoms with Crippen molar-refractivity contribution in [2.24, 2.45) is 5.92 Å². The topological polar surface area (TPSA) is 68.8 Å². The van der Waals surface area contributed by atoms with Crippen LogP contribution in [0.15, 0.2) is 12.1 Å². The molecule has 0 aromatic heterocycles. The Kier molecular flexibility index (Phi) is 6.73. The molecule has 1 fully saturated rings. The number of nitrogens with one attached hydrogen (secondary N) is 2. The molecule has 2 rings (SSSR count). The Morgan fingerprint density at radius 2 is 1.92 bits per heavy atom. The van der Waals surface area contributed by atoms with Crippen molar-refractivity contribution in [2.45, 2.75) is 32.2 Å². The van der Waals surface area contributed by atoms with E-state index >= 15 is 0 Å². The lowest BCUT2D eigenvalue weighted by atomic mass is 10.0. The monoisotopic (exact) mass is 336 g/mol. The number of hydrogen-bond acceptors (Lipinski definition) is 5. The molecule has 2 atom stereocenters. The standard InChI is InChI=1S/C18H28N2O4/c1-12(20-17(21)6-5-13-7-8-19-11-13)14-9-15(22-2)18(24-4)16(10-14)23-3/h9-10,12-13,19H,5-8,11H2,1-4H3,(H,20,21). The smallest absolute Gasteiger partial charge is 0.220 e. The molecule has 1 aliphatic heterocycles. The molecule has 0 aliphatic carbocycles. The first-order valence-corrected chi connectivity index (χ1v) is 8.39. The van der Waals surface area contributed by atoms with Gasteiger partial charge in [0.15, 0.2) is 11.5 Å². The van der Waals surface area contributed by atoms with Crippen molar-refractivity contribution < 1.29 is 19.0 Å². The molecule has 0 spiro atoms. The van der Waals surface area contributed by atoms with Crippen LogP contribution in [0.1, 0.15) is 37.8 Å². The zero-order valence-corrected chi connectivity index (χ0v) is 15.0. The predicted octanol–water partition coefficient (Wildman–Crippen LogP) is 2.28. The van der Waals surface area contributed by atoms with E-state index in [4.69, 9.17) is 14.2 Å². The number of carbonyl (C=O) groups excluding carboxylic acids is 1. The van der Waals surface area contributed by atoms with Crippen molar-refractivity contribution in [2.75, 3.05) is 34.4 Å². The summed E-state index contributed by atoms with van der Waals surface area (Å²) in [7, 11) is 4.74. The summed E-state index contributed by atoms with van der Waals surface area (Å²) in [5.74, 6) is 2.42. The fourth-order valence-corrected chi connectivity index (χ4v) is 3.04. The summed E-state index contributed by atoms with van der Waals surface area (Å²) in [6.07, 6.45) is 2.65. The van der Waals surface area contributed by atoms with Gasteiger partial charge in [0, 0.05) is 6.42 Å². The molecule has 1 aromatic carbocycles. The van der Waals surface area contributed by atoms with Gasteiger partial charge < -0.3 is 24.8 Å². The summed E-state index contributed by atoms with van der Waals surface area (Å²) >= 11 is 0. The summed E-state index contributed by atoms with van der Waals surface area (Å²) in [4.78, 5) is 12.2. The third-order valence-corrected chi connectivity index (χ3v) is 4.51. The second-order valence-corrected chi connectivity index (χ2v) is 6.15. The molecule has 1 aromatic rings. The van der Waals surface area contributed by atoms with Crippen molar-refractivity contribution in [3.05, 3.63) is 17.7 Å². The number of hydrogen-bond donors (Lipinski definition) is 2. The van der Waals surface area contributed by atoms with Crippen LogP contribution in [0.2, 0.25) is 0 Å². The lowest BCUT2D eigenvalue weighted by Gasteiger charge is -2.19. The SMILES string of the molecule is COc1cc(C(C)NC(=O)CCC2CCNC2)cc(OC)c1OC. The van der Waals surface area contributed by atoms with E-state index in [-0.39, 0.29) is 11.9 Å². The summed E-state index contributed by atoms with van der Waals surface area (Å²) in [6.45, 7) is 4.04. The Labute approximate surface area is 143 Å². The Morgan fingerprint density at radius 3 is 2.42 bits per heavy atom. The van der Waals surface area contributed by atoms with Gasteiger partial charge in [0.05, 0.1) is 27.4 Å². The lowest BCUT2D eigenvalue weighted by molar-refractivity contribution is -0.122. The van der Waals surface area contributed by atoms with Crippen LogP contribution in [0.4, 0.5) is 0 Å². The zero-order chi connectivity index (χ0) is 17.5. The van der Waals surface area contributed by atoms with Crippen LogP contribution in [0.25, 0.3) is 0 Å². The van der Waals surface area contributed by atoms with Gasteiger partial charge in [-0.2, -0.15) is 0 Å². The molecule has 0 radical (unpaired) electrons. The van der Waals surface area contributed by atoms with Crippen molar-refractivity contribution in [1.82, 2.24) is 10.6 Å². The van der Waals surface area contributed by atoms with E-state index in [1.54, 1.807) is 21.3 Å². The average Bonchev–Trinajstić information content (AvgIpc) is 3.11. The van der Waals surface area contributed by atoms with Crippen molar-refractivity contribution in [3.8, 4) is 17.2 Å². The minimum atomic E-state index is -0.132. The lowest BCUT2D eigenvalue weighted by Crippen LogP contribution is -2.27. The van der Waals surface area contributed by atoms with E-state index in [2.05, 4.69) is 10.6 Å². The molecule has 134 valence electrons. The van der Waals surface area contributed by atoms with E-state index in [0.29, 0.717) is 29.6 Å². The highest BCUT2D eigenvalue weighted by Gasteiger charge is 2.19. The van der Waals surface area contributed by atoms with Crippen LogP contribution in [0.5, 0.6) is 17.2 Å². The zero-order valence-electron chi connectivity index (χ0n) is 15.0. The molecule has 0 bridgehead atoms. The fraction of sp³-hybridized carbons (Fsp3) is 0.611. The summed E-state index contributed by atoms with van der Waals surface area (Å²) in [6, 6.07) is 3.60. The molecule has 0 saturated carbocycles. The molecule has 1 aliphatic rings. The van der Waals surface area contributed by atoms with Crippen LogP contribution in [-0.4, -0.2) is 40.3 Å². The highest BCUT2D eigenvalue weighted by Crippen LogP contribution is 2.39. The Morgan fingerprint density at radius 1 is 1.25 bits per heavy atom. The van der Waals surface area contributed by atoms with Crippen LogP contribution in [0.3, 0.4) is 0 Å². The van der Waals surface area contributed by atoms with Gasteiger partial charge in [0.2, 0.25) is 11.7 Å². The predicted molar refractivity (Wildman–Crippen MR) is 92.9 cm³/mol.